The Hall–Kier alpha value is -3.42. The fraction of sp³-hybridized carbons (Fsp3) is 0.417. The van der Waals surface area contributed by atoms with Crippen molar-refractivity contribution in [2.24, 2.45) is 0 Å². The van der Waals surface area contributed by atoms with Crippen molar-refractivity contribution in [1.82, 2.24) is 10.6 Å². The number of amides is 2. The minimum absolute atomic E-state index is 0.0246. The van der Waals surface area contributed by atoms with Gasteiger partial charge in [-0.25, -0.2) is 4.79 Å². The summed E-state index contributed by atoms with van der Waals surface area (Å²) >= 11 is 0. The molecule has 1 atom stereocenters. The molecular formula is C24H29N3O5. The van der Waals surface area contributed by atoms with Crippen LogP contribution in [0.25, 0.3) is 0 Å². The number of carbonyl (C=O) groups excluding carboxylic acids is 2. The molecule has 8 heteroatoms. The smallest absolute Gasteiger partial charge is 0.408 e. The first-order valence-electron chi connectivity index (χ1n) is 11.0. The zero-order valence-corrected chi connectivity index (χ0v) is 18.0. The van der Waals surface area contributed by atoms with E-state index in [1.54, 1.807) is 12.1 Å². The Morgan fingerprint density at radius 2 is 1.62 bits per heavy atom. The van der Waals surface area contributed by atoms with Crippen LogP contribution in [0.1, 0.15) is 49.7 Å². The molecule has 32 heavy (non-hydrogen) atoms. The van der Waals surface area contributed by atoms with E-state index in [-0.39, 0.29) is 30.7 Å². The number of carbonyl (C=O) groups is 2. The van der Waals surface area contributed by atoms with Crippen LogP contribution in [0, 0.1) is 10.1 Å². The number of nitrogens with zero attached hydrogens (tertiary/aromatic N) is 1. The summed E-state index contributed by atoms with van der Waals surface area (Å²) in [6.45, 7) is 0.0984. The van der Waals surface area contributed by atoms with Gasteiger partial charge in [-0.1, -0.05) is 68.1 Å². The number of nitro benzene ring substituents is 1. The highest BCUT2D eigenvalue weighted by Crippen LogP contribution is 2.18. The molecule has 2 amide bonds. The summed E-state index contributed by atoms with van der Waals surface area (Å²) in [7, 11) is 0. The average Bonchev–Trinajstić information content (AvgIpc) is 3.07. The van der Waals surface area contributed by atoms with Gasteiger partial charge >= 0.3 is 6.09 Å². The largest absolute Gasteiger partial charge is 0.445 e. The first kappa shape index (κ1) is 23.2. The van der Waals surface area contributed by atoms with Crippen molar-refractivity contribution in [3.63, 3.8) is 0 Å². The first-order chi connectivity index (χ1) is 15.5. The van der Waals surface area contributed by atoms with Crippen molar-refractivity contribution in [1.29, 1.82) is 0 Å². The average molecular weight is 440 g/mol. The van der Waals surface area contributed by atoms with Crippen LogP contribution in [0.5, 0.6) is 0 Å². The number of hydrogen-bond donors (Lipinski definition) is 2. The number of nitro groups is 1. The molecule has 170 valence electrons. The third-order valence-electron chi connectivity index (χ3n) is 5.61. The number of nitrogens with one attached hydrogen (secondary N) is 2. The Morgan fingerprint density at radius 1 is 0.969 bits per heavy atom. The molecule has 2 aromatic rings. The van der Waals surface area contributed by atoms with Gasteiger partial charge in [0.1, 0.15) is 12.6 Å². The van der Waals surface area contributed by atoms with Gasteiger partial charge in [-0.15, -0.1) is 0 Å². The zero-order valence-electron chi connectivity index (χ0n) is 18.0. The maximum absolute atomic E-state index is 13.0. The number of non-ortho nitro benzene ring substituents is 1. The molecule has 2 N–H and O–H groups in total. The second-order valence-electron chi connectivity index (χ2n) is 8.08. The third-order valence-corrected chi connectivity index (χ3v) is 5.61. The maximum Gasteiger partial charge on any atom is 0.408 e. The minimum Gasteiger partial charge on any atom is -0.445 e. The van der Waals surface area contributed by atoms with Crippen molar-refractivity contribution >= 4 is 17.7 Å². The molecule has 0 radical (unpaired) electrons. The van der Waals surface area contributed by atoms with E-state index in [9.17, 15) is 19.7 Å². The van der Waals surface area contributed by atoms with Gasteiger partial charge in [-0.2, -0.15) is 0 Å². The first-order valence-corrected chi connectivity index (χ1v) is 11.0. The molecule has 0 unspecified atom stereocenters. The van der Waals surface area contributed by atoms with E-state index in [1.807, 2.05) is 30.3 Å². The number of ether oxygens (including phenoxy) is 1. The Balaban J connectivity index is 1.65. The fourth-order valence-corrected chi connectivity index (χ4v) is 3.83. The summed E-state index contributed by atoms with van der Waals surface area (Å²) in [5, 5.41) is 16.6. The lowest BCUT2D eigenvalue weighted by Gasteiger charge is -2.22. The predicted octanol–water partition coefficient (Wildman–Crippen LogP) is 4.27. The lowest BCUT2D eigenvalue weighted by Crippen LogP contribution is -2.50. The van der Waals surface area contributed by atoms with E-state index in [2.05, 4.69) is 10.6 Å². The van der Waals surface area contributed by atoms with E-state index in [1.165, 1.54) is 25.0 Å². The molecule has 0 aromatic heterocycles. The Kier molecular flexibility index (Phi) is 8.60. The molecular weight excluding hydrogens is 410 g/mol. The van der Waals surface area contributed by atoms with Gasteiger partial charge in [0.15, 0.2) is 0 Å². The summed E-state index contributed by atoms with van der Waals surface area (Å²) in [6, 6.07) is 14.5. The molecule has 2 aromatic carbocycles. The molecule has 1 aliphatic carbocycles. The number of alkyl carbamates (subject to hydrolysis) is 1. The lowest BCUT2D eigenvalue weighted by molar-refractivity contribution is -0.384. The fourth-order valence-electron chi connectivity index (χ4n) is 3.83. The van der Waals surface area contributed by atoms with Crippen LogP contribution < -0.4 is 10.6 Å². The molecule has 0 aliphatic heterocycles. The topological polar surface area (TPSA) is 111 Å². The summed E-state index contributed by atoms with van der Waals surface area (Å²) in [5.74, 6) is -0.271. The molecule has 0 heterocycles. The molecule has 1 fully saturated rings. The quantitative estimate of drug-likeness (QED) is 0.362. The van der Waals surface area contributed by atoms with Gasteiger partial charge in [0, 0.05) is 24.6 Å². The lowest BCUT2D eigenvalue weighted by atomic mass is 10.0. The van der Waals surface area contributed by atoms with E-state index >= 15 is 0 Å². The van der Waals surface area contributed by atoms with E-state index in [0.29, 0.717) is 5.56 Å². The Labute approximate surface area is 187 Å². The molecule has 0 saturated heterocycles. The summed E-state index contributed by atoms with van der Waals surface area (Å²) in [5.41, 5.74) is 1.53. The van der Waals surface area contributed by atoms with Crippen LogP contribution in [0.2, 0.25) is 0 Å². The van der Waals surface area contributed by atoms with Crippen LogP contribution >= 0.6 is 0 Å². The molecule has 8 nitrogen and oxygen atoms in total. The SMILES string of the molecule is O=C(N[C@@H](Cc1ccc([N+](=O)[O-])cc1)C(=O)NC1CCCCCC1)OCc1ccccc1. The Bertz CT molecular complexity index is 894. The molecule has 1 aliphatic rings. The summed E-state index contributed by atoms with van der Waals surface area (Å²) in [4.78, 5) is 35.9. The predicted molar refractivity (Wildman–Crippen MR) is 120 cm³/mol. The van der Waals surface area contributed by atoms with E-state index in [4.69, 9.17) is 4.74 Å². The van der Waals surface area contributed by atoms with Crippen molar-refractivity contribution in [2.75, 3.05) is 0 Å². The second-order valence-corrected chi connectivity index (χ2v) is 8.08. The molecule has 0 bridgehead atoms. The highest BCUT2D eigenvalue weighted by molar-refractivity contribution is 5.86. The molecule has 3 rings (SSSR count). The normalized spacial score (nSPS) is 15.2. The number of benzene rings is 2. The monoisotopic (exact) mass is 439 g/mol. The van der Waals surface area contributed by atoms with Gasteiger partial charge in [-0.05, 0) is 24.0 Å². The minimum atomic E-state index is -0.844. The third kappa shape index (κ3) is 7.37. The van der Waals surface area contributed by atoms with E-state index in [0.717, 1.165) is 31.2 Å². The van der Waals surface area contributed by atoms with Crippen LogP contribution in [0.15, 0.2) is 54.6 Å². The van der Waals surface area contributed by atoms with Crippen molar-refractivity contribution in [3.05, 3.63) is 75.8 Å². The van der Waals surface area contributed by atoms with Crippen molar-refractivity contribution in [2.45, 2.75) is 63.6 Å². The van der Waals surface area contributed by atoms with Crippen LogP contribution in [0.3, 0.4) is 0 Å². The van der Waals surface area contributed by atoms with Crippen molar-refractivity contribution in [3.8, 4) is 0 Å². The number of rotatable bonds is 8. The van der Waals surface area contributed by atoms with Gasteiger partial charge in [0.05, 0.1) is 4.92 Å². The van der Waals surface area contributed by atoms with Crippen LogP contribution in [0.4, 0.5) is 10.5 Å². The second kappa shape index (κ2) is 11.8. The van der Waals surface area contributed by atoms with Gasteiger partial charge < -0.3 is 15.4 Å². The standard InChI is InChI=1S/C24H29N3O5/c28-23(25-20-10-6-1-2-7-11-20)22(16-18-12-14-21(15-13-18)27(30)31)26-24(29)32-17-19-8-4-3-5-9-19/h3-5,8-9,12-15,20,22H,1-2,6-7,10-11,16-17H2,(H,25,28)(H,26,29)/t22-/m0/s1. The maximum atomic E-state index is 13.0. The molecule has 1 saturated carbocycles. The zero-order chi connectivity index (χ0) is 22.8. The summed E-state index contributed by atoms with van der Waals surface area (Å²) in [6.07, 6.45) is 5.86. The highest BCUT2D eigenvalue weighted by Gasteiger charge is 2.25. The van der Waals surface area contributed by atoms with Gasteiger partial charge in [0.2, 0.25) is 5.91 Å². The van der Waals surface area contributed by atoms with Crippen LogP contribution in [-0.4, -0.2) is 29.0 Å². The van der Waals surface area contributed by atoms with Crippen molar-refractivity contribution < 1.29 is 19.2 Å². The number of hydrogen-bond acceptors (Lipinski definition) is 5. The highest BCUT2D eigenvalue weighted by atomic mass is 16.6. The van der Waals surface area contributed by atoms with Gasteiger partial charge in [-0.3, -0.25) is 14.9 Å². The Morgan fingerprint density at radius 3 is 2.25 bits per heavy atom. The molecule has 0 spiro atoms. The van der Waals surface area contributed by atoms with E-state index < -0.39 is 17.1 Å². The summed E-state index contributed by atoms with van der Waals surface area (Å²) < 4.78 is 5.29. The van der Waals surface area contributed by atoms with Gasteiger partial charge in [0.25, 0.3) is 5.69 Å². The van der Waals surface area contributed by atoms with Crippen LogP contribution in [-0.2, 0) is 22.6 Å².